The fourth-order valence-corrected chi connectivity index (χ4v) is 4.67. The zero-order valence-electron chi connectivity index (χ0n) is 16.7. The van der Waals surface area contributed by atoms with Crippen molar-refractivity contribution in [3.63, 3.8) is 0 Å². The summed E-state index contributed by atoms with van der Waals surface area (Å²) in [4.78, 5) is 5.82. The summed E-state index contributed by atoms with van der Waals surface area (Å²) < 4.78 is 8.09. The van der Waals surface area contributed by atoms with E-state index in [2.05, 4.69) is 36.6 Å². The van der Waals surface area contributed by atoms with Crippen molar-refractivity contribution in [1.82, 2.24) is 9.55 Å². The van der Waals surface area contributed by atoms with E-state index in [9.17, 15) is 5.26 Å². The number of benzene rings is 2. The number of imidazole rings is 1. The van der Waals surface area contributed by atoms with Gasteiger partial charge in [0.25, 0.3) is 0 Å². The maximum absolute atomic E-state index is 9.21. The van der Waals surface area contributed by atoms with Crippen LogP contribution in [0.3, 0.4) is 0 Å². The Morgan fingerprint density at radius 3 is 2.66 bits per heavy atom. The van der Waals surface area contributed by atoms with Crippen LogP contribution in [0.1, 0.15) is 36.5 Å². The van der Waals surface area contributed by atoms with Gasteiger partial charge in [-0.3, -0.25) is 0 Å². The zero-order valence-corrected chi connectivity index (χ0v) is 18.3. The molecule has 0 aliphatic heterocycles. The van der Waals surface area contributed by atoms with Gasteiger partial charge in [0.15, 0.2) is 0 Å². The highest BCUT2D eigenvalue weighted by Gasteiger charge is 2.17. The average molecular weight is 426 g/mol. The molecule has 0 fully saturated rings. The molecule has 0 saturated carbocycles. The van der Waals surface area contributed by atoms with Gasteiger partial charge in [0.1, 0.15) is 10.9 Å². The van der Waals surface area contributed by atoms with Crippen LogP contribution in [0.2, 0.25) is 5.02 Å². The Bertz CT molecular complexity index is 995. The van der Waals surface area contributed by atoms with E-state index in [0.717, 1.165) is 40.8 Å². The van der Waals surface area contributed by atoms with E-state index < -0.39 is 0 Å². The van der Waals surface area contributed by atoms with Crippen molar-refractivity contribution >= 4 is 23.4 Å². The van der Waals surface area contributed by atoms with Crippen molar-refractivity contribution in [3.8, 4) is 6.07 Å². The molecule has 1 heterocycles. The average Bonchev–Trinajstić information content (AvgIpc) is 3.07. The zero-order chi connectivity index (χ0) is 20.6. The van der Waals surface area contributed by atoms with Crippen LogP contribution in [0.5, 0.6) is 0 Å². The third kappa shape index (κ3) is 5.63. The number of nitriles is 1. The summed E-state index contributed by atoms with van der Waals surface area (Å²) in [5.74, 6) is 1.03. The molecule has 29 heavy (non-hydrogen) atoms. The second-order valence-electron chi connectivity index (χ2n) is 6.56. The van der Waals surface area contributed by atoms with Crippen molar-refractivity contribution in [2.45, 2.75) is 49.8 Å². The van der Waals surface area contributed by atoms with Crippen LogP contribution >= 0.6 is 23.4 Å². The van der Waals surface area contributed by atoms with Crippen molar-refractivity contribution in [3.05, 3.63) is 76.2 Å². The van der Waals surface area contributed by atoms with Crippen LogP contribution < -0.4 is 0 Å². The second kappa shape index (κ2) is 10.5. The lowest BCUT2D eigenvalue weighted by atomic mass is 10.2. The molecule has 6 heteroatoms. The SMILES string of the molecule is CCc1nc(CCOCc2ccccc2)n(CC)c1Sc1cc(Cl)cc(C#N)c1. The lowest BCUT2D eigenvalue weighted by molar-refractivity contribution is 0.122. The van der Waals surface area contributed by atoms with Gasteiger partial charge < -0.3 is 9.30 Å². The minimum Gasteiger partial charge on any atom is -0.376 e. The topological polar surface area (TPSA) is 50.8 Å². The second-order valence-corrected chi connectivity index (χ2v) is 8.05. The molecule has 0 N–H and O–H groups in total. The van der Waals surface area contributed by atoms with Crippen molar-refractivity contribution in [2.75, 3.05) is 6.61 Å². The van der Waals surface area contributed by atoms with E-state index in [1.165, 1.54) is 5.56 Å². The van der Waals surface area contributed by atoms with Gasteiger partial charge >= 0.3 is 0 Å². The maximum Gasteiger partial charge on any atom is 0.112 e. The molecule has 3 aromatic rings. The first-order valence-corrected chi connectivity index (χ1v) is 10.9. The molecular formula is C23H24ClN3OS. The molecule has 1 aromatic heterocycles. The molecule has 0 bridgehead atoms. The third-order valence-corrected chi connectivity index (χ3v) is 5.85. The Labute approximate surface area is 181 Å². The molecule has 3 rings (SSSR count). The third-order valence-electron chi connectivity index (χ3n) is 4.52. The van der Waals surface area contributed by atoms with Gasteiger partial charge in [-0.1, -0.05) is 60.6 Å². The van der Waals surface area contributed by atoms with E-state index in [1.54, 1.807) is 17.8 Å². The summed E-state index contributed by atoms with van der Waals surface area (Å²) in [6.45, 7) is 6.29. The number of ether oxygens (including phenoxy) is 1. The van der Waals surface area contributed by atoms with Crippen LogP contribution in [-0.4, -0.2) is 16.2 Å². The highest BCUT2D eigenvalue weighted by Crippen LogP contribution is 2.34. The number of halogens is 1. The Morgan fingerprint density at radius 1 is 1.17 bits per heavy atom. The van der Waals surface area contributed by atoms with Crippen LogP contribution in [-0.2, 0) is 30.7 Å². The summed E-state index contributed by atoms with van der Waals surface area (Å²) in [5.41, 5.74) is 2.80. The molecule has 0 unspecified atom stereocenters. The largest absolute Gasteiger partial charge is 0.376 e. The van der Waals surface area contributed by atoms with Crippen molar-refractivity contribution in [2.24, 2.45) is 0 Å². The molecule has 0 spiro atoms. The van der Waals surface area contributed by atoms with Crippen LogP contribution in [0.25, 0.3) is 0 Å². The standard InChI is InChI=1S/C23H24ClN3OS/c1-3-21-23(29-20-13-18(15-25)12-19(24)14-20)27(4-2)22(26-21)10-11-28-16-17-8-6-5-7-9-17/h5-9,12-14H,3-4,10-11,16H2,1-2H3. The predicted molar refractivity (Wildman–Crippen MR) is 117 cm³/mol. The predicted octanol–water partition coefficient (Wildman–Crippen LogP) is 5.90. The maximum atomic E-state index is 9.21. The Kier molecular flexibility index (Phi) is 7.76. The highest BCUT2D eigenvalue weighted by molar-refractivity contribution is 7.99. The van der Waals surface area contributed by atoms with Crippen LogP contribution in [0.4, 0.5) is 0 Å². The first-order valence-electron chi connectivity index (χ1n) is 9.73. The van der Waals surface area contributed by atoms with E-state index in [0.29, 0.717) is 23.8 Å². The van der Waals surface area contributed by atoms with Gasteiger partial charge in [-0.15, -0.1) is 0 Å². The minimum absolute atomic E-state index is 0.565. The number of aryl methyl sites for hydroxylation is 1. The molecular weight excluding hydrogens is 402 g/mol. The van der Waals surface area contributed by atoms with E-state index in [1.807, 2.05) is 30.3 Å². The molecule has 0 aliphatic carbocycles. The van der Waals surface area contributed by atoms with E-state index in [-0.39, 0.29) is 0 Å². The number of hydrogen-bond donors (Lipinski definition) is 0. The summed E-state index contributed by atoms with van der Waals surface area (Å²) in [6, 6.07) is 17.8. The van der Waals surface area contributed by atoms with Gasteiger partial charge in [0.2, 0.25) is 0 Å². The fraction of sp³-hybridized carbons (Fsp3) is 0.304. The summed E-state index contributed by atoms with van der Waals surface area (Å²) in [5, 5.41) is 10.9. The van der Waals surface area contributed by atoms with E-state index in [4.69, 9.17) is 21.3 Å². The smallest absolute Gasteiger partial charge is 0.112 e. The monoisotopic (exact) mass is 425 g/mol. The summed E-state index contributed by atoms with van der Waals surface area (Å²) >= 11 is 7.79. The van der Waals surface area contributed by atoms with Gasteiger partial charge in [0.05, 0.1) is 30.5 Å². The molecule has 4 nitrogen and oxygen atoms in total. The first-order chi connectivity index (χ1) is 14.1. The normalized spacial score (nSPS) is 10.8. The number of nitrogens with zero attached hydrogens (tertiary/aromatic N) is 3. The van der Waals surface area contributed by atoms with Gasteiger partial charge in [-0.05, 0) is 37.1 Å². The molecule has 0 aliphatic rings. The number of rotatable bonds is 9. The quantitative estimate of drug-likeness (QED) is 0.400. The lowest BCUT2D eigenvalue weighted by Crippen LogP contribution is -2.07. The molecule has 0 amide bonds. The van der Waals surface area contributed by atoms with E-state index >= 15 is 0 Å². The van der Waals surface area contributed by atoms with Gasteiger partial charge in [0, 0.05) is 22.9 Å². The molecule has 0 saturated heterocycles. The summed E-state index contributed by atoms with van der Waals surface area (Å²) in [6.07, 6.45) is 1.60. The Balaban J connectivity index is 1.74. The lowest BCUT2D eigenvalue weighted by Gasteiger charge is -2.11. The van der Waals surface area contributed by atoms with Crippen LogP contribution in [0.15, 0.2) is 58.5 Å². The van der Waals surface area contributed by atoms with Gasteiger partial charge in [-0.2, -0.15) is 5.26 Å². The molecule has 0 radical (unpaired) electrons. The first kappa shape index (κ1) is 21.4. The van der Waals surface area contributed by atoms with Crippen molar-refractivity contribution in [1.29, 1.82) is 5.26 Å². The molecule has 150 valence electrons. The Morgan fingerprint density at radius 2 is 1.97 bits per heavy atom. The fourth-order valence-electron chi connectivity index (χ4n) is 3.12. The highest BCUT2D eigenvalue weighted by atomic mass is 35.5. The minimum atomic E-state index is 0.565. The van der Waals surface area contributed by atoms with Crippen LogP contribution in [0, 0.1) is 11.3 Å². The van der Waals surface area contributed by atoms with Gasteiger partial charge in [-0.25, -0.2) is 4.98 Å². The number of aromatic nitrogens is 2. The van der Waals surface area contributed by atoms with Crippen molar-refractivity contribution < 1.29 is 4.74 Å². The molecule has 2 aromatic carbocycles. The summed E-state index contributed by atoms with van der Waals surface area (Å²) in [7, 11) is 0. The Hall–Kier alpha value is -2.26. The molecule has 0 atom stereocenters. The number of hydrogen-bond acceptors (Lipinski definition) is 4.